The van der Waals surface area contributed by atoms with Gasteiger partial charge in [-0.2, -0.15) is 8.42 Å². The molecule has 0 bridgehead atoms. The molecule has 0 radical (unpaired) electrons. The molecule has 11 nitrogen and oxygen atoms in total. The first-order chi connectivity index (χ1) is 30.7. The van der Waals surface area contributed by atoms with E-state index in [0.717, 1.165) is 51.4 Å². The number of unbranched alkanes of at least 4 members (excludes halogenated alkanes) is 30. The highest BCUT2D eigenvalue weighted by Crippen LogP contribution is 2.40. The molecule has 3 N–H and O–H groups in total. The minimum Gasteiger partial charge on any atom is -0.490 e. The molecule has 368 valence electrons. The molecular weight excluding hydrogens is 817 g/mol. The number of nitrogens with one attached hydrogen (secondary N) is 2. The SMILES string of the molecule is CCCCCCCCCCCCOc1cc(C(=O)OCCCCCCNC(=O)NCS(=O)(=O)O)cc(OCCCCCCCCCCCC)c1OCCCCCCCCCCCC. The molecule has 0 aliphatic heterocycles. The predicted molar refractivity (Wildman–Crippen MR) is 260 cm³/mol. The molecule has 0 aliphatic rings. The molecule has 1 aromatic rings. The molecule has 12 heteroatoms. The highest BCUT2D eigenvalue weighted by atomic mass is 32.2. The van der Waals surface area contributed by atoms with Crippen LogP contribution in [0.3, 0.4) is 0 Å². The van der Waals surface area contributed by atoms with Crippen LogP contribution in [0.4, 0.5) is 4.79 Å². The minimum absolute atomic E-state index is 0.252. The second-order valence-electron chi connectivity index (χ2n) is 17.6. The summed E-state index contributed by atoms with van der Waals surface area (Å²) in [5.41, 5.74) is 0.387. The highest BCUT2D eigenvalue weighted by Gasteiger charge is 2.20. The third kappa shape index (κ3) is 36.2. The van der Waals surface area contributed by atoms with E-state index in [1.807, 2.05) is 0 Å². The predicted octanol–water partition coefficient (Wildman–Crippen LogP) is 14.4. The van der Waals surface area contributed by atoms with Crippen molar-refractivity contribution in [3.63, 3.8) is 0 Å². The van der Waals surface area contributed by atoms with Crippen LogP contribution in [0, 0.1) is 0 Å². The van der Waals surface area contributed by atoms with Crippen LogP contribution < -0.4 is 24.8 Å². The first-order valence-electron chi connectivity index (χ1n) is 25.9. The molecule has 0 aromatic heterocycles. The number of ether oxygens (including phenoxy) is 4. The highest BCUT2D eigenvalue weighted by molar-refractivity contribution is 7.85. The number of urea groups is 1. The second-order valence-corrected chi connectivity index (χ2v) is 19.1. The molecule has 0 unspecified atom stereocenters. The molecule has 1 rings (SSSR count). The molecule has 2 amide bonds. The van der Waals surface area contributed by atoms with Gasteiger partial charge in [0.1, 0.15) is 5.88 Å². The Morgan fingerprint density at radius 3 is 1.17 bits per heavy atom. The number of rotatable bonds is 46. The van der Waals surface area contributed by atoms with Gasteiger partial charge in [0.05, 0.1) is 32.0 Å². The summed E-state index contributed by atoms with van der Waals surface area (Å²) in [6.07, 6.45) is 40.2. The fraction of sp³-hybridized carbons (Fsp3) is 0.843. The number of benzene rings is 1. The van der Waals surface area contributed by atoms with Crippen molar-refractivity contribution in [2.45, 2.75) is 239 Å². The van der Waals surface area contributed by atoms with Crippen molar-refractivity contribution in [2.24, 2.45) is 0 Å². The molecule has 0 saturated carbocycles. The Labute approximate surface area is 385 Å². The van der Waals surface area contributed by atoms with E-state index < -0.39 is 28.0 Å². The third-order valence-corrected chi connectivity index (χ3v) is 12.0. The first-order valence-corrected chi connectivity index (χ1v) is 27.5. The maximum Gasteiger partial charge on any atom is 0.338 e. The minimum atomic E-state index is -4.27. The van der Waals surface area contributed by atoms with Crippen LogP contribution in [0.2, 0.25) is 0 Å². The van der Waals surface area contributed by atoms with Gasteiger partial charge in [0.2, 0.25) is 5.75 Å². The van der Waals surface area contributed by atoms with Gasteiger partial charge in [-0.05, 0) is 50.7 Å². The van der Waals surface area contributed by atoms with Crippen LogP contribution in [-0.4, -0.2) is 63.8 Å². The number of hydrogen-bond donors (Lipinski definition) is 3. The van der Waals surface area contributed by atoms with E-state index in [9.17, 15) is 18.0 Å². The van der Waals surface area contributed by atoms with Crippen molar-refractivity contribution < 1.29 is 41.5 Å². The fourth-order valence-corrected chi connectivity index (χ4v) is 7.92. The van der Waals surface area contributed by atoms with Gasteiger partial charge < -0.3 is 29.6 Å². The van der Waals surface area contributed by atoms with E-state index >= 15 is 0 Å². The number of amides is 2. The molecule has 1 aromatic carbocycles. The quantitative estimate of drug-likeness (QED) is 0.0330. The Hall–Kier alpha value is -2.73. The maximum atomic E-state index is 13.5. The molecule has 0 atom stereocenters. The lowest BCUT2D eigenvalue weighted by molar-refractivity contribution is 0.0496. The Morgan fingerprint density at radius 1 is 0.460 bits per heavy atom. The van der Waals surface area contributed by atoms with Crippen LogP contribution in [0.25, 0.3) is 0 Å². The lowest BCUT2D eigenvalue weighted by atomic mass is 10.1. The average Bonchev–Trinajstić information content (AvgIpc) is 3.26. The van der Waals surface area contributed by atoms with Crippen molar-refractivity contribution in [1.29, 1.82) is 0 Å². The standard InChI is InChI=1S/C51H94N2O9S/c1-4-7-10-13-16-19-22-25-29-34-39-59-47-43-46(50(54)62-42-37-32-28-33-38-52-51(55)53-45-63(56,57)58)44-48(60-40-35-30-26-23-20-17-14-11-8-5-2)49(47)61-41-36-31-27-24-21-18-15-12-9-6-3/h43-44H,4-42,45H2,1-3H3,(H2,52,53,55)(H,56,57,58). The molecule has 0 heterocycles. The number of esters is 1. The van der Waals surface area contributed by atoms with Gasteiger partial charge >= 0.3 is 12.0 Å². The van der Waals surface area contributed by atoms with Crippen LogP contribution in [0.5, 0.6) is 17.2 Å². The van der Waals surface area contributed by atoms with Crippen molar-refractivity contribution in [3.8, 4) is 17.2 Å². The van der Waals surface area contributed by atoms with Crippen molar-refractivity contribution >= 4 is 22.1 Å². The Bertz CT molecular complexity index is 1300. The molecule has 0 spiro atoms. The zero-order chi connectivity index (χ0) is 45.9. The summed E-state index contributed by atoms with van der Waals surface area (Å²) < 4.78 is 55.5. The molecule has 0 aliphatic carbocycles. The number of hydrogen-bond acceptors (Lipinski definition) is 8. The molecule has 0 fully saturated rings. The zero-order valence-electron chi connectivity index (χ0n) is 40.6. The number of carbonyl (C=O) groups is 2. The third-order valence-electron chi connectivity index (χ3n) is 11.5. The van der Waals surface area contributed by atoms with Gasteiger partial charge in [0, 0.05) is 6.54 Å². The van der Waals surface area contributed by atoms with Crippen molar-refractivity contribution in [3.05, 3.63) is 17.7 Å². The summed E-state index contributed by atoms with van der Waals surface area (Å²) in [5.74, 6) is 0.402. The van der Waals surface area contributed by atoms with Gasteiger partial charge in [0.15, 0.2) is 11.5 Å². The summed E-state index contributed by atoms with van der Waals surface area (Å²) >= 11 is 0. The first kappa shape index (κ1) is 58.3. The number of carbonyl (C=O) groups excluding carboxylic acids is 2. The van der Waals surface area contributed by atoms with Gasteiger partial charge in [-0.15, -0.1) is 0 Å². The van der Waals surface area contributed by atoms with Crippen LogP contribution in [0.15, 0.2) is 12.1 Å². The van der Waals surface area contributed by atoms with Crippen LogP contribution in [-0.2, 0) is 14.9 Å². The maximum absolute atomic E-state index is 13.5. The van der Waals surface area contributed by atoms with E-state index in [2.05, 4.69) is 31.4 Å². The second kappa shape index (κ2) is 41.9. The van der Waals surface area contributed by atoms with E-state index in [1.165, 1.54) is 154 Å². The van der Waals surface area contributed by atoms with Crippen LogP contribution >= 0.6 is 0 Å². The van der Waals surface area contributed by atoms with E-state index in [1.54, 1.807) is 12.1 Å². The normalized spacial score (nSPS) is 11.4. The molecular formula is C51H94N2O9S. The average molecular weight is 911 g/mol. The van der Waals surface area contributed by atoms with Crippen LogP contribution in [0.1, 0.15) is 249 Å². The van der Waals surface area contributed by atoms with E-state index in [4.69, 9.17) is 23.5 Å². The summed E-state index contributed by atoms with van der Waals surface area (Å²) in [7, 11) is -4.27. The summed E-state index contributed by atoms with van der Waals surface area (Å²) in [5, 5.41) is 4.65. The van der Waals surface area contributed by atoms with Gasteiger partial charge in [-0.25, -0.2) is 9.59 Å². The van der Waals surface area contributed by atoms with Gasteiger partial charge in [0.25, 0.3) is 10.1 Å². The van der Waals surface area contributed by atoms with Gasteiger partial charge in [-0.1, -0.05) is 201 Å². The van der Waals surface area contributed by atoms with Gasteiger partial charge in [-0.3, -0.25) is 4.55 Å². The Morgan fingerprint density at radius 2 is 0.794 bits per heavy atom. The molecule has 0 saturated heterocycles. The van der Waals surface area contributed by atoms with Crippen molar-refractivity contribution in [1.82, 2.24) is 10.6 Å². The fourth-order valence-electron chi connectivity index (χ4n) is 7.61. The van der Waals surface area contributed by atoms with E-state index in [-0.39, 0.29) is 6.61 Å². The monoisotopic (exact) mass is 911 g/mol. The summed E-state index contributed by atoms with van der Waals surface area (Å²) in [6.45, 7) is 9.03. The Kier molecular flexibility index (Phi) is 38.8. The Balaban J connectivity index is 2.88. The largest absolute Gasteiger partial charge is 0.490 e. The topological polar surface area (TPSA) is 149 Å². The van der Waals surface area contributed by atoms with Crippen molar-refractivity contribution in [2.75, 3.05) is 38.8 Å². The lowest BCUT2D eigenvalue weighted by Crippen LogP contribution is -2.38. The molecule has 63 heavy (non-hydrogen) atoms. The zero-order valence-corrected chi connectivity index (χ0v) is 41.4. The van der Waals surface area contributed by atoms with E-state index in [0.29, 0.717) is 62.0 Å². The summed E-state index contributed by atoms with van der Waals surface area (Å²) in [6, 6.07) is 2.87. The smallest absolute Gasteiger partial charge is 0.338 e. The lowest BCUT2D eigenvalue weighted by Gasteiger charge is -2.19. The summed E-state index contributed by atoms with van der Waals surface area (Å²) in [4.78, 5) is 25.2.